The Bertz CT molecular complexity index is 876. The van der Waals surface area contributed by atoms with Crippen molar-refractivity contribution in [1.29, 1.82) is 0 Å². The van der Waals surface area contributed by atoms with Gasteiger partial charge in [-0.1, -0.05) is 12.2 Å². The number of benzene rings is 1. The highest BCUT2D eigenvalue weighted by atomic mass is 19.4. The van der Waals surface area contributed by atoms with E-state index in [2.05, 4.69) is 5.10 Å². The first-order valence-electron chi connectivity index (χ1n) is 8.18. The maximum absolute atomic E-state index is 13.5. The van der Waals surface area contributed by atoms with Crippen molar-refractivity contribution in [2.24, 2.45) is 0 Å². The number of aliphatic hydroxyl groups is 2. The van der Waals surface area contributed by atoms with Crippen LogP contribution in [0, 0.1) is 0 Å². The van der Waals surface area contributed by atoms with Crippen LogP contribution in [0.3, 0.4) is 0 Å². The Balaban J connectivity index is 2.21. The maximum Gasteiger partial charge on any atom is 0.431 e. The largest absolute Gasteiger partial charge is 0.431 e. The molecule has 2 N–H and O–H groups in total. The molecule has 140 valence electrons. The minimum atomic E-state index is -4.52. The Morgan fingerprint density at radius 3 is 2.58 bits per heavy atom. The van der Waals surface area contributed by atoms with Crippen LogP contribution in [0.1, 0.15) is 19.4 Å². The number of hydrogen-bond acceptors (Lipinski definition) is 4. The van der Waals surface area contributed by atoms with Gasteiger partial charge in [0.25, 0.3) is 0 Å². The fraction of sp³-hybridized carbons (Fsp3) is 0.389. The molecule has 1 aromatic heterocycles. The average molecular weight is 367 g/mol. The Morgan fingerprint density at radius 1 is 1.23 bits per heavy atom. The van der Waals surface area contributed by atoms with Crippen molar-refractivity contribution >= 4 is 16.6 Å². The SMILES string of the molecule is CC(C)(O)c1cc2c(cnn2CCO)cc1N1CC=CC=C1C(F)(F)F. The van der Waals surface area contributed by atoms with Crippen molar-refractivity contribution in [3.05, 3.63) is 47.8 Å². The molecule has 0 atom stereocenters. The fourth-order valence-corrected chi connectivity index (χ4v) is 3.09. The molecule has 5 nitrogen and oxygen atoms in total. The number of aliphatic hydroxyl groups excluding tert-OH is 1. The van der Waals surface area contributed by atoms with Gasteiger partial charge in [-0.2, -0.15) is 18.3 Å². The molecule has 2 aromatic rings. The van der Waals surface area contributed by atoms with Crippen molar-refractivity contribution < 1.29 is 23.4 Å². The fourth-order valence-electron chi connectivity index (χ4n) is 3.09. The second-order valence-corrected chi connectivity index (χ2v) is 6.67. The highest BCUT2D eigenvalue weighted by Gasteiger charge is 2.40. The molecule has 0 spiro atoms. The molecule has 8 heteroatoms. The van der Waals surface area contributed by atoms with Crippen LogP contribution in [-0.4, -0.2) is 39.3 Å². The average Bonchev–Trinajstić information content (AvgIpc) is 2.95. The second kappa shape index (κ2) is 6.44. The minimum Gasteiger partial charge on any atom is -0.394 e. The highest BCUT2D eigenvalue weighted by Crippen LogP contribution is 2.40. The van der Waals surface area contributed by atoms with Gasteiger partial charge in [0, 0.05) is 23.2 Å². The first-order valence-corrected chi connectivity index (χ1v) is 8.18. The quantitative estimate of drug-likeness (QED) is 0.872. The monoisotopic (exact) mass is 367 g/mol. The van der Waals surface area contributed by atoms with Crippen molar-refractivity contribution in [3.63, 3.8) is 0 Å². The van der Waals surface area contributed by atoms with E-state index >= 15 is 0 Å². The van der Waals surface area contributed by atoms with Gasteiger partial charge in [-0.3, -0.25) is 4.68 Å². The van der Waals surface area contributed by atoms with Crippen LogP contribution in [0.5, 0.6) is 0 Å². The van der Waals surface area contributed by atoms with Crippen LogP contribution in [0.4, 0.5) is 18.9 Å². The van der Waals surface area contributed by atoms with Crippen LogP contribution < -0.4 is 4.90 Å². The van der Waals surface area contributed by atoms with Gasteiger partial charge in [0.1, 0.15) is 5.70 Å². The number of alkyl halides is 3. The van der Waals surface area contributed by atoms with Gasteiger partial charge in [-0.15, -0.1) is 0 Å². The molecule has 0 saturated heterocycles. The lowest BCUT2D eigenvalue weighted by Crippen LogP contribution is -2.35. The molecule has 3 rings (SSSR count). The third-order valence-electron chi connectivity index (χ3n) is 4.28. The number of aromatic nitrogens is 2. The summed E-state index contributed by atoms with van der Waals surface area (Å²) in [5.41, 5.74) is -0.871. The summed E-state index contributed by atoms with van der Waals surface area (Å²) in [6.07, 6.45) is 1.05. The van der Waals surface area contributed by atoms with Crippen molar-refractivity contribution in [1.82, 2.24) is 9.78 Å². The standard InChI is InChI=1S/C18H20F3N3O2/c1-17(2,26)13-10-14-12(11-22-24(14)7-8-25)9-15(13)23-6-4-3-5-16(23)18(19,20)21/h3-5,9-11,25-26H,6-8H2,1-2H3. The summed E-state index contributed by atoms with van der Waals surface area (Å²) in [6.45, 7) is 3.25. The van der Waals surface area contributed by atoms with Gasteiger partial charge in [-0.05, 0) is 32.1 Å². The lowest BCUT2D eigenvalue weighted by molar-refractivity contribution is -0.0934. The number of hydrogen-bond donors (Lipinski definition) is 2. The summed E-state index contributed by atoms with van der Waals surface area (Å²) in [5, 5.41) is 24.5. The summed E-state index contributed by atoms with van der Waals surface area (Å²) >= 11 is 0. The predicted octanol–water partition coefficient (Wildman–Crippen LogP) is 3.08. The zero-order valence-electron chi connectivity index (χ0n) is 14.5. The predicted molar refractivity (Wildman–Crippen MR) is 92.7 cm³/mol. The number of nitrogens with zero attached hydrogens (tertiary/aromatic N) is 3. The Kier molecular flexibility index (Phi) is 4.58. The van der Waals surface area contributed by atoms with E-state index in [4.69, 9.17) is 5.11 Å². The number of allylic oxidation sites excluding steroid dienone is 3. The van der Waals surface area contributed by atoms with Crippen LogP contribution in [0.25, 0.3) is 10.9 Å². The number of rotatable bonds is 4. The van der Waals surface area contributed by atoms with Crippen LogP contribution >= 0.6 is 0 Å². The van der Waals surface area contributed by atoms with Gasteiger partial charge < -0.3 is 15.1 Å². The molecule has 1 aromatic carbocycles. The minimum absolute atomic E-state index is 0.0463. The second-order valence-electron chi connectivity index (χ2n) is 6.67. The normalized spacial score (nSPS) is 15.7. The lowest BCUT2D eigenvalue weighted by atomic mass is 9.94. The van der Waals surface area contributed by atoms with Crippen molar-refractivity contribution in [3.8, 4) is 0 Å². The summed E-state index contributed by atoms with van der Waals surface area (Å²) in [7, 11) is 0. The first-order chi connectivity index (χ1) is 12.1. The smallest absolute Gasteiger partial charge is 0.394 e. The van der Waals surface area contributed by atoms with E-state index in [0.717, 1.165) is 11.0 Å². The van der Waals surface area contributed by atoms with E-state index in [-0.39, 0.29) is 25.4 Å². The molecule has 0 unspecified atom stereocenters. The van der Waals surface area contributed by atoms with Crippen molar-refractivity contribution in [2.45, 2.75) is 32.2 Å². The van der Waals surface area contributed by atoms with Crippen LogP contribution in [-0.2, 0) is 12.1 Å². The van der Waals surface area contributed by atoms with E-state index < -0.39 is 17.5 Å². The van der Waals surface area contributed by atoms with E-state index in [1.807, 2.05) is 0 Å². The zero-order valence-corrected chi connectivity index (χ0v) is 14.5. The van der Waals surface area contributed by atoms with E-state index in [1.54, 1.807) is 29.1 Å². The molecule has 0 fully saturated rings. The highest BCUT2D eigenvalue weighted by molar-refractivity contribution is 5.86. The van der Waals surface area contributed by atoms with E-state index in [9.17, 15) is 18.3 Å². The maximum atomic E-state index is 13.5. The Labute approximate surface area is 148 Å². The topological polar surface area (TPSA) is 61.5 Å². The summed E-state index contributed by atoms with van der Waals surface area (Å²) in [4.78, 5) is 1.15. The molecular weight excluding hydrogens is 347 g/mol. The molecule has 26 heavy (non-hydrogen) atoms. The summed E-state index contributed by atoms with van der Waals surface area (Å²) < 4.78 is 42.0. The third-order valence-corrected chi connectivity index (χ3v) is 4.28. The van der Waals surface area contributed by atoms with Gasteiger partial charge in [-0.25, -0.2) is 0 Å². The number of halogens is 3. The molecule has 1 aliphatic rings. The Hall–Kier alpha value is -2.32. The van der Waals surface area contributed by atoms with Crippen LogP contribution in [0.2, 0.25) is 0 Å². The molecule has 0 aliphatic carbocycles. The molecule has 0 saturated carbocycles. The molecule has 0 bridgehead atoms. The third kappa shape index (κ3) is 3.34. The van der Waals surface area contributed by atoms with Gasteiger partial charge in [0.2, 0.25) is 0 Å². The van der Waals surface area contributed by atoms with Gasteiger partial charge in [0.15, 0.2) is 0 Å². The molecule has 1 aliphatic heterocycles. The van der Waals surface area contributed by atoms with Crippen LogP contribution in [0.15, 0.2) is 42.3 Å². The van der Waals surface area contributed by atoms with Gasteiger partial charge in [0.05, 0.1) is 30.5 Å². The summed E-state index contributed by atoms with van der Waals surface area (Å²) in [6, 6.07) is 3.24. The number of anilines is 1. The van der Waals surface area contributed by atoms with Crippen molar-refractivity contribution in [2.75, 3.05) is 18.1 Å². The molecule has 0 amide bonds. The van der Waals surface area contributed by atoms with E-state index in [0.29, 0.717) is 16.5 Å². The Morgan fingerprint density at radius 2 is 1.96 bits per heavy atom. The zero-order chi connectivity index (χ0) is 19.1. The lowest BCUT2D eigenvalue weighted by Gasteiger charge is -2.34. The van der Waals surface area contributed by atoms with Gasteiger partial charge >= 0.3 is 6.18 Å². The molecular formula is C18H20F3N3O2. The first kappa shape index (κ1) is 18.5. The molecule has 0 radical (unpaired) electrons. The summed E-state index contributed by atoms with van der Waals surface area (Å²) in [5.74, 6) is 0. The molecule has 2 heterocycles. The number of fused-ring (bicyclic) bond motifs is 1. The van der Waals surface area contributed by atoms with E-state index in [1.165, 1.54) is 19.9 Å².